The van der Waals surface area contributed by atoms with Gasteiger partial charge in [0.2, 0.25) is 15.9 Å². The van der Waals surface area contributed by atoms with Crippen LogP contribution in [0.4, 0.5) is 0 Å². The van der Waals surface area contributed by atoms with E-state index in [4.69, 9.17) is 0 Å². The topological polar surface area (TPSA) is 86.8 Å². The monoisotopic (exact) mass is 477 g/mol. The van der Waals surface area contributed by atoms with Crippen LogP contribution < -0.4 is 5.32 Å². The molecular formula is C25H39N3O4S. The second kappa shape index (κ2) is 8.69. The minimum absolute atomic E-state index is 0.0173. The summed E-state index contributed by atoms with van der Waals surface area (Å²) < 4.78 is 28.9. The molecule has 1 N–H and O–H groups in total. The average molecular weight is 478 g/mol. The molecule has 0 radical (unpaired) electrons. The Morgan fingerprint density at radius 3 is 2.45 bits per heavy atom. The third kappa shape index (κ3) is 5.77. The molecular weight excluding hydrogens is 438 g/mol. The Balaban J connectivity index is 1.82. The standard InChI is InChI=1S/C25H39N3O4S/c1-8-27(15-21(29)26-23(2,3)4)22(30)18-10-9-11-20(12-18)33(31,32)28-17-25(7)14-19(28)13-24(5,6)16-25/h9-12,19H,8,13-17H2,1-7H3,(H,26,29)/t19-,25+/m0/s1. The molecule has 1 aromatic carbocycles. The van der Waals surface area contributed by atoms with Gasteiger partial charge in [0.1, 0.15) is 0 Å². The molecule has 1 saturated heterocycles. The summed E-state index contributed by atoms with van der Waals surface area (Å²) in [6.07, 6.45) is 2.72. The number of nitrogens with zero attached hydrogens (tertiary/aromatic N) is 2. The number of fused-ring (bicyclic) bond motifs is 2. The van der Waals surface area contributed by atoms with E-state index in [0.29, 0.717) is 13.1 Å². The lowest BCUT2D eigenvalue weighted by molar-refractivity contribution is -0.123. The van der Waals surface area contributed by atoms with Crippen LogP contribution in [0.2, 0.25) is 0 Å². The summed E-state index contributed by atoms with van der Waals surface area (Å²) >= 11 is 0. The predicted octanol–water partition coefficient (Wildman–Crippen LogP) is 3.65. The number of carbonyl (C=O) groups excluding carboxylic acids is 2. The molecule has 1 aromatic rings. The summed E-state index contributed by atoms with van der Waals surface area (Å²) in [5, 5.41) is 2.86. The fourth-order valence-electron chi connectivity index (χ4n) is 5.76. The van der Waals surface area contributed by atoms with E-state index < -0.39 is 15.6 Å². The van der Waals surface area contributed by atoms with Gasteiger partial charge in [0.25, 0.3) is 5.91 Å². The zero-order valence-corrected chi connectivity index (χ0v) is 21.9. The van der Waals surface area contributed by atoms with Crippen LogP contribution in [0.15, 0.2) is 29.2 Å². The Morgan fingerprint density at radius 1 is 1.18 bits per heavy atom. The van der Waals surface area contributed by atoms with Gasteiger partial charge in [0.15, 0.2) is 0 Å². The Morgan fingerprint density at radius 2 is 1.85 bits per heavy atom. The lowest BCUT2D eigenvalue weighted by atomic mass is 9.65. The van der Waals surface area contributed by atoms with Crippen molar-refractivity contribution in [3.8, 4) is 0 Å². The van der Waals surface area contributed by atoms with Crippen LogP contribution in [0.1, 0.15) is 78.1 Å². The molecule has 3 rings (SSSR count). The highest BCUT2D eigenvalue weighted by atomic mass is 32.2. The van der Waals surface area contributed by atoms with Crippen LogP contribution in [0.5, 0.6) is 0 Å². The predicted molar refractivity (Wildman–Crippen MR) is 129 cm³/mol. The van der Waals surface area contributed by atoms with Crippen LogP contribution in [-0.4, -0.2) is 60.7 Å². The highest BCUT2D eigenvalue weighted by Crippen LogP contribution is 2.53. The van der Waals surface area contributed by atoms with Crippen LogP contribution >= 0.6 is 0 Å². The van der Waals surface area contributed by atoms with Gasteiger partial charge in [-0.05, 0) is 76.0 Å². The van der Waals surface area contributed by atoms with E-state index in [2.05, 4.69) is 26.1 Å². The van der Waals surface area contributed by atoms with Crippen molar-refractivity contribution in [3.63, 3.8) is 0 Å². The Kier molecular flexibility index (Phi) is 6.77. The van der Waals surface area contributed by atoms with Crippen molar-refractivity contribution in [2.45, 2.75) is 84.2 Å². The summed E-state index contributed by atoms with van der Waals surface area (Å²) in [6, 6.07) is 6.22. The fourth-order valence-corrected chi connectivity index (χ4v) is 7.58. The summed E-state index contributed by atoms with van der Waals surface area (Å²) in [7, 11) is -3.73. The molecule has 0 unspecified atom stereocenters. The van der Waals surface area contributed by atoms with Crippen LogP contribution in [0.25, 0.3) is 0 Å². The maximum absolute atomic E-state index is 13.6. The molecule has 184 valence electrons. The van der Waals surface area contributed by atoms with Gasteiger partial charge in [0, 0.05) is 30.2 Å². The minimum Gasteiger partial charge on any atom is -0.350 e. The molecule has 33 heavy (non-hydrogen) atoms. The van der Waals surface area contributed by atoms with Gasteiger partial charge in [-0.25, -0.2) is 8.42 Å². The highest BCUT2D eigenvalue weighted by Gasteiger charge is 2.53. The molecule has 0 aromatic heterocycles. The minimum atomic E-state index is -3.73. The number of nitrogens with one attached hydrogen (secondary N) is 1. The first-order valence-corrected chi connectivity index (χ1v) is 13.2. The van der Waals surface area contributed by atoms with Crippen LogP contribution in [-0.2, 0) is 14.8 Å². The number of hydrogen-bond donors (Lipinski definition) is 1. The number of amides is 2. The van der Waals surface area contributed by atoms with Crippen LogP contribution in [0, 0.1) is 10.8 Å². The molecule has 1 aliphatic heterocycles. The first kappa shape index (κ1) is 25.7. The first-order valence-electron chi connectivity index (χ1n) is 11.8. The average Bonchev–Trinajstić information content (AvgIpc) is 2.93. The van der Waals surface area contributed by atoms with Crippen molar-refractivity contribution in [2.75, 3.05) is 19.6 Å². The molecule has 2 aliphatic rings. The van der Waals surface area contributed by atoms with Crippen molar-refractivity contribution in [3.05, 3.63) is 29.8 Å². The van der Waals surface area contributed by atoms with Gasteiger partial charge in [-0.1, -0.05) is 26.8 Å². The lowest BCUT2D eigenvalue weighted by Crippen LogP contribution is -2.47. The molecule has 1 aliphatic carbocycles. The molecule has 2 bridgehead atoms. The molecule has 1 heterocycles. The van der Waals surface area contributed by atoms with Crippen molar-refractivity contribution in [1.82, 2.24) is 14.5 Å². The Labute approximate surface area is 199 Å². The molecule has 2 fully saturated rings. The fraction of sp³-hybridized carbons (Fsp3) is 0.680. The third-order valence-corrected chi connectivity index (χ3v) is 8.47. The molecule has 8 heteroatoms. The zero-order valence-electron chi connectivity index (χ0n) is 21.1. The quantitative estimate of drug-likeness (QED) is 0.678. The zero-order chi connectivity index (χ0) is 24.8. The molecule has 7 nitrogen and oxygen atoms in total. The van der Waals surface area contributed by atoms with Crippen molar-refractivity contribution in [1.29, 1.82) is 0 Å². The lowest BCUT2D eigenvalue weighted by Gasteiger charge is -2.39. The largest absolute Gasteiger partial charge is 0.350 e. The van der Waals surface area contributed by atoms with Gasteiger partial charge in [-0.3, -0.25) is 9.59 Å². The van der Waals surface area contributed by atoms with E-state index in [9.17, 15) is 18.0 Å². The van der Waals surface area contributed by atoms with E-state index >= 15 is 0 Å². The number of benzene rings is 1. The summed E-state index contributed by atoms with van der Waals surface area (Å²) in [5.41, 5.74) is -0.0383. The molecule has 0 spiro atoms. The highest BCUT2D eigenvalue weighted by molar-refractivity contribution is 7.89. The van der Waals surface area contributed by atoms with Gasteiger partial charge >= 0.3 is 0 Å². The molecule has 1 saturated carbocycles. The van der Waals surface area contributed by atoms with Crippen molar-refractivity contribution < 1.29 is 18.0 Å². The van der Waals surface area contributed by atoms with E-state index in [1.165, 1.54) is 11.0 Å². The van der Waals surface area contributed by atoms with Gasteiger partial charge in [-0.15, -0.1) is 0 Å². The van der Waals surface area contributed by atoms with Crippen molar-refractivity contribution in [2.24, 2.45) is 10.8 Å². The maximum atomic E-state index is 13.6. The number of carbonyl (C=O) groups is 2. The SMILES string of the molecule is CCN(CC(=O)NC(C)(C)C)C(=O)c1cccc(S(=O)(=O)N2C[C@]3(C)C[C@@H]2CC(C)(C)C3)c1. The number of likely N-dealkylation sites (N-methyl/N-ethyl adjacent to an activating group) is 1. The second-order valence-electron chi connectivity index (χ2n) is 11.9. The number of hydrogen-bond acceptors (Lipinski definition) is 4. The van der Waals surface area contributed by atoms with E-state index in [1.54, 1.807) is 29.4 Å². The third-order valence-electron chi connectivity index (χ3n) is 6.57. The first-order chi connectivity index (χ1) is 15.1. The van der Waals surface area contributed by atoms with E-state index in [-0.39, 0.29) is 45.7 Å². The van der Waals surface area contributed by atoms with Gasteiger partial charge in [0.05, 0.1) is 11.4 Å². The van der Waals surface area contributed by atoms with Gasteiger partial charge < -0.3 is 10.2 Å². The molecule has 2 atom stereocenters. The van der Waals surface area contributed by atoms with E-state index in [1.807, 2.05) is 20.8 Å². The van der Waals surface area contributed by atoms with Gasteiger partial charge in [-0.2, -0.15) is 4.31 Å². The summed E-state index contributed by atoms with van der Waals surface area (Å²) in [6.45, 7) is 14.8. The van der Waals surface area contributed by atoms with Crippen molar-refractivity contribution >= 4 is 21.8 Å². The second-order valence-corrected chi connectivity index (χ2v) is 13.8. The summed E-state index contributed by atoms with van der Waals surface area (Å²) in [5.74, 6) is -0.603. The normalized spacial score (nSPS) is 25.0. The number of sulfonamides is 1. The molecule has 2 amide bonds. The Hall–Kier alpha value is -1.93. The smallest absolute Gasteiger partial charge is 0.254 e. The van der Waals surface area contributed by atoms with E-state index in [0.717, 1.165) is 19.3 Å². The maximum Gasteiger partial charge on any atom is 0.254 e. The Bertz CT molecular complexity index is 1030. The van der Waals surface area contributed by atoms with Crippen LogP contribution in [0.3, 0.4) is 0 Å². The number of rotatable bonds is 6. The summed E-state index contributed by atoms with van der Waals surface area (Å²) in [4.78, 5) is 27.0.